The van der Waals surface area contributed by atoms with Crippen molar-refractivity contribution >= 4 is 0 Å². The molecule has 0 aliphatic heterocycles. The first kappa shape index (κ1) is 13.4. The van der Waals surface area contributed by atoms with E-state index in [-0.39, 0.29) is 11.6 Å². The van der Waals surface area contributed by atoms with Gasteiger partial charge in [0.15, 0.2) is 0 Å². The molecule has 0 radical (unpaired) electrons. The summed E-state index contributed by atoms with van der Waals surface area (Å²) in [5.74, 6) is 0. The van der Waals surface area contributed by atoms with Gasteiger partial charge in [-0.3, -0.25) is 5.32 Å². The molecule has 0 aromatic carbocycles. The van der Waals surface area contributed by atoms with Crippen LogP contribution in [0, 0.1) is 11.3 Å². The maximum absolute atomic E-state index is 9.15. The molecule has 0 bridgehead atoms. The maximum atomic E-state index is 9.15. The predicted molar refractivity (Wildman–Crippen MR) is 64.2 cm³/mol. The highest BCUT2D eigenvalue weighted by atomic mass is 16.5. The van der Waals surface area contributed by atoms with E-state index in [1.807, 2.05) is 0 Å². The van der Waals surface area contributed by atoms with Crippen molar-refractivity contribution in [2.24, 2.45) is 0 Å². The summed E-state index contributed by atoms with van der Waals surface area (Å²) >= 11 is 0. The van der Waals surface area contributed by atoms with E-state index < -0.39 is 0 Å². The Hall–Kier alpha value is -0.630. The number of nitrogens with one attached hydrogen (secondary N) is 1. The van der Waals surface area contributed by atoms with Crippen LogP contribution in [0.25, 0.3) is 0 Å². The first-order valence-electron chi connectivity index (χ1n) is 6.11. The molecule has 0 spiro atoms. The van der Waals surface area contributed by atoms with Crippen LogP contribution in [0.3, 0.4) is 0 Å². The van der Waals surface area contributed by atoms with Crippen molar-refractivity contribution in [1.82, 2.24) is 10.2 Å². The van der Waals surface area contributed by atoms with Crippen molar-refractivity contribution in [1.29, 1.82) is 5.26 Å². The summed E-state index contributed by atoms with van der Waals surface area (Å²) in [6, 6.07) is 2.38. The minimum absolute atomic E-state index is 0.264. The fourth-order valence-electron chi connectivity index (χ4n) is 2.15. The second-order valence-corrected chi connectivity index (χ2v) is 4.41. The second-order valence-electron chi connectivity index (χ2n) is 4.41. The lowest BCUT2D eigenvalue weighted by atomic mass is 9.75. The molecule has 1 fully saturated rings. The van der Waals surface area contributed by atoms with Crippen LogP contribution < -0.4 is 5.32 Å². The van der Waals surface area contributed by atoms with Crippen LogP contribution in [0.4, 0.5) is 0 Å². The third-order valence-corrected chi connectivity index (χ3v) is 3.49. The summed E-state index contributed by atoms with van der Waals surface area (Å²) in [5.41, 5.74) is -0.326. The van der Waals surface area contributed by atoms with Crippen LogP contribution >= 0.6 is 0 Å². The van der Waals surface area contributed by atoms with Gasteiger partial charge in [-0.15, -0.1) is 0 Å². The van der Waals surface area contributed by atoms with E-state index in [2.05, 4.69) is 30.1 Å². The Morgan fingerprint density at radius 3 is 2.50 bits per heavy atom. The molecule has 0 saturated heterocycles. The average Bonchev–Trinajstić information content (AvgIpc) is 2.27. The number of hydrogen-bond acceptors (Lipinski definition) is 4. The zero-order valence-electron chi connectivity index (χ0n) is 10.6. The van der Waals surface area contributed by atoms with Crippen LogP contribution in [-0.4, -0.2) is 49.8 Å². The molecular weight excluding hydrogens is 202 g/mol. The Morgan fingerprint density at radius 2 is 2.06 bits per heavy atom. The zero-order valence-corrected chi connectivity index (χ0v) is 10.6. The van der Waals surface area contributed by atoms with Gasteiger partial charge in [-0.05, 0) is 13.1 Å². The van der Waals surface area contributed by atoms with Crippen LogP contribution in [-0.2, 0) is 4.74 Å². The van der Waals surface area contributed by atoms with Gasteiger partial charge >= 0.3 is 0 Å². The van der Waals surface area contributed by atoms with Crippen LogP contribution in [0.2, 0.25) is 0 Å². The lowest BCUT2D eigenvalue weighted by Gasteiger charge is -2.42. The van der Waals surface area contributed by atoms with Crippen LogP contribution in [0.1, 0.15) is 26.7 Å². The minimum Gasteiger partial charge on any atom is -0.381 e. The van der Waals surface area contributed by atoms with Gasteiger partial charge in [0.05, 0.1) is 12.2 Å². The number of ether oxygens (including phenoxy) is 1. The minimum atomic E-state index is -0.326. The molecule has 92 valence electrons. The predicted octanol–water partition coefficient (Wildman–Crippen LogP) is 0.989. The van der Waals surface area contributed by atoms with Crippen LogP contribution in [0.5, 0.6) is 0 Å². The molecule has 0 atom stereocenters. The van der Waals surface area contributed by atoms with E-state index in [1.165, 1.54) is 0 Å². The molecule has 1 N–H and O–H groups in total. The van der Waals surface area contributed by atoms with E-state index >= 15 is 0 Å². The van der Waals surface area contributed by atoms with Crippen molar-refractivity contribution in [3.8, 4) is 6.07 Å². The number of nitriles is 1. The molecule has 16 heavy (non-hydrogen) atoms. The fraction of sp³-hybridized carbons (Fsp3) is 0.917. The smallest absolute Gasteiger partial charge is 0.111 e. The van der Waals surface area contributed by atoms with Crippen molar-refractivity contribution in [3.63, 3.8) is 0 Å². The molecular formula is C12H23N3O. The number of methoxy groups -OCH3 is 1. The van der Waals surface area contributed by atoms with E-state index in [0.29, 0.717) is 0 Å². The molecule has 0 amide bonds. The third kappa shape index (κ3) is 3.18. The van der Waals surface area contributed by atoms with Gasteiger partial charge in [-0.25, -0.2) is 0 Å². The molecule has 1 rings (SSSR count). The van der Waals surface area contributed by atoms with Crippen molar-refractivity contribution in [3.05, 3.63) is 0 Å². The molecule has 4 heteroatoms. The first-order valence-corrected chi connectivity index (χ1v) is 6.11. The molecule has 0 aromatic heterocycles. The van der Waals surface area contributed by atoms with Crippen LogP contribution in [0.15, 0.2) is 0 Å². The molecule has 1 aliphatic rings. The monoisotopic (exact) mass is 225 g/mol. The van der Waals surface area contributed by atoms with Gasteiger partial charge in [-0.2, -0.15) is 5.26 Å². The zero-order chi connectivity index (χ0) is 12.0. The number of nitrogens with zero attached hydrogens (tertiary/aromatic N) is 2. The standard InChI is InChI=1S/C12H23N3O/c1-4-15(5-2)7-6-14-12(10-13)8-11(9-12)16-3/h11,14H,4-9H2,1-3H3. The highest BCUT2D eigenvalue weighted by Crippen LogP contribution is 2.33. The Bertz CT molecular complexity index is 239. The number of hydrogen-bond donors (Lipinski definition) is 1. The first-order chi connectivity index (χ1) is 7.69. The number of rotatable bonds is 7. The van der Waals surface area contributed by atoms with Gasteiger partial charge in [0, 0.05) is 33.0 Å². The SMILES string of the molecule is CCN(CC)CCNC1(C#N)CC(OC)C1. The topological polar surface area (TPSA) is 48.3 Å². The van der Waals surface area contributed by atoms with Gasteiger partial charge in [0.1, 0.15) is 5.54 Å². The van der Waals surface area contributed by atoms with E-state index in [9.17, 15) is 0 Å². The van der Waals surface area contributed by atoms with E-state index in [1.54, 1.807) is 7.11 Å². The molecule has 0 unspecified atom stereocenters. The van der Waals surface area contributed by atoms with Crippen molar-refractivity contribution < 1.29 is 4.74 Å². The summed E-state index contributed by atoms with van der Waals surface area (Å²) in [4.78, 5) is 2.35. The van der Waals surface area contributed by atoms with E-state index in [0.717, 1.165) is 39.0 Å². The molecule has 4 nitrogen and oxygen atoms in total. The fourth-order valence-corrected chi connectivity index (χ4v) is 2.15. The highest BCUT2D eigenvalue weighted by molar-refractivity contribution is 5.16. The number of likely N-dealkylation sites (N-methyl/N-ethyl adjacent to an activating group) is 1. The molecule has 1 aliphatic carbocycles. The maximum Gasteiger partial charge on any atom is 0.111 e. The highest BCUT2D eigenvalue weighted by Gasteiger charge is 2.44. The van der Waals surface area contributed by atoms with E-state index in [4.69, 9.17) is 10.00 Å². The Balaban J connectivity index is 2.24. The summed E-state index contributed by atoms with van der Waals surface area (Å²) in [6.07, 6.45) is 1.90. The summed E-state index contributed by atoms with van der Waals surface area (Å²) < 4.78 is 5.21. The van der Waals surface area contributed by atoms with Gasteiger partial charge in [-0.1, -0.05) is 13.8 Å². The third-order valence-electron chi connectivity index (χ3n) is 3.49. The summed E-state index contributed by atoms with van der Waals surface area (Å²) in [5, 5.41) is 12.5. The van der Waals surface area contributed by atoms with Gasteiger partial charge < -0.3 is 9.64 Å². The quantitative estimate of drug-likeness (QED) is 0.702. The Morgan fingerprint density at radius 1 is 1.44 bits per heavy atom. The molecule has 0 aromatic rings. The Kier molecular flexibility index (Phi) is 5.20. The Labute approximate surface area is 98.6 Å². The van der Waals surface area contributed by atoms with Gasteiger partial charge in [0.2, 0.25) is 0 Å². The average molecular weight is 225 g/mol. The lowest BCUT2D eigenvalue weighted by molar-refractivity contribution is -0.00807. The van der Waals surface area contributed by atoms with Gasteiger partial charge in [0.25, 0.3) is 0 Å². The summed E-state index contributed by atoms with van der Waals surface area (Å²) in [6.45, 7) is 8.35. The second kappa shape index (κ2) is 6.19. The molecule has 1 saturated carbocycles. The summed E-state index contributed by atoms with van der Waals surface area (Å²) in [7, 11) is 1.71. The normalized spacial score (nSPS) is 28.8. The largest absolute Gasteiger partial charge is 0.381 e. The van der Waals surface area contributed by atoms with Crippen molar-refractivity contribution in [2.75, 3.05) is 33.3 Å². The lowest BCUT2D eigenvalue weighted by Crippen LogP contribution is -2.58. The molecule has 0 heterocycles. The van der Waals surface area contributed by atoms with Crippen molar-refractivity contribution in [2.45, 2.75) is 38.3 Å².